The first-order valence-corrected chi connectivity index (χ1v) is 13.1. The minimum atomic E-state index is -0.992. The summed E-state index contributed by atoms with van der Waals surface area (Å²) in [4.78, 5) is 25.6. The van der Waals surface area contributed by atoms with E-state index in [1.165, 1.54) is 0 Å². The highest BCUT2D eigenvalue weighted by atomic mass is 35.5. The van der Waals surface area contributed by atoms with Crippen molar-refractivity contribution < 1.29 is 33.6 Å². The lowest BCUT2D eigenvalue weighted by molar-refractivity contribution is -0.149. The lowest BCUT2D eigenvalue weighted by Crippen LogP contribution is -2.38. The molecule has 2 aromatic rings. The number of carboxylic acid groups (broad SMARTS) is 1. The zero-order valence-corrected chi connectivity index (χ0v) is 23.0. The normalized spacial score (nSPS) is 12.5. The molecule has 0 spiro atoms. The fourth-order valence-electron chi connectivity index (χ4n) is 3.31. The summed E-state index contributed by atoms with van der Waals surface area (Å²) in [6, 6.07) is 12.1. The Morgan fingerprint density at radius 2 is 1.59 bits per heavy atom. The molecule has 0 saturated heterocycles. The third kappa shape index (κ3) is 11.5. The molecule has 0 fully saturated rings. The highest BCUT2D eigenvalue weighted by Crippen LogP contribution is 2.24. The van der Waals surface area contributed by atoms with E-state index in [0.717, 1.165) is 5.56 Å². The third-order valence-electron chi connectivity index (χ3n) is 5.43. The van der Waals surface area contributed by atoms with Crippen LogP contribution in [0.5, 0.6) is 11.5 Å². The number of carbonyl (C=O) groups excluding carboxylic acids is 1. The van der Waals surface area contributed by atoms with Crippen LogP contribution in [0.1, 0.15) is 39.2 Å². The van der Waals surface area contributed by atoms with Crippen molar-refractivity contribution in [1.82, 2.24) is 4.90 Å². The number of carboxylic acids is 1. The van der Waals surface area contributed by atoms with Gasteiger partial charge in [-0.3, -0.25) is 0 Å². The number of amides is 1. The van der Waals surface area contributed by atoms with Crippen molar-refractivity contribution in [3.63, 3.8) is 0 Å². The van der Waals surface area contributed by atoms with Crippen LogP contribution in [-0.4, -0.2) is 67.2 Å². The first kappa shape index (κ1) is 30.5. The Balaban J connectivity index is 1.87. The van der Waals surface area contributed by atoms with E-state index >= 15 is 0 Å². The van der Waals surface area contributed by atoms with Crippen LogP contribution in [0.2, 0.25) is 10.0 Å². The summed E-state index contributed by atoms with van der Waals surface area (Å²) in [5.74, 6) is 0.186. The van der Waals surface area contributed by atoms with Gasteiger partial charge in [-0.15, -0.1) is 0 Å². The fraction of sp³-hybridized carbons (Fsp3) is 0.481. The number of benzene rings is 2. The van der Waals surface area contributed by atoms with E-state index in [1.807, 2.05) is 13.8 Å². The van der Waals surface area contributed by atoms with Gasteiger partial charge in [-0.25, -0.2) is 9.59 Å². The van der Waals surface area contributed by atoms with Crippen molar-refractivity contribution in [2.75, 3.05) is 32.9 Å². The van der Waals surface area contributed by atoms with Crippen molar-refractivity contribution >= 4 is 35.3 Å². The number of ether oxygens (including phenoxy) is 4. The molecule has 0 bridgehead atoms. The summed E-state index contributed by atoms with van der Waals surface area (Å²) in [7, 11) is 0. The Bertz CT molecular complexity index is 967. The highest BCUT2D eigenvalue weighted by molar-refractivity contribution is 6.34. The third-order valence-corrected chi connectivity index (χ3v) is 5.87. The minimum Gasteiger partial charge on any atom is -0.493 e. The average molecular weight is 556 g/mol. The fourth-order valence-corrected chi connectivity index (χ4v) is 3.82. The molecule has 0 aliphatic carbocycles. The van der Waals surface area contributed by atoms with Crippen molar-refractivity contribution in [2.45, 2.75) is 52.2 Å². The second-order valence-electron chi connectivity index (χ2n) is 8.38. The topological polar surface area (TPSA) is 94.5 Å². The minimum absolute atomic E-state index is 0.195. The van der Waals surface area contributed by atoms with Gasteiger partial charge in [0, 0.05) is 29.6 Å². The summed E-state index contributed by atoms with van der Waals surface area (Å²) < 4.78 is 22.3. The summed E-state index contributed by atoms with van der Waals surface area (Å²) in [5.41, 5.74) is 0.827. The van der Waals surface area contributed by atoms with Gasteiger partial charge >= 0.3 is 12.1 Å². The van der Waals surface area contributed by atoms with Crippen LogP contribution in [0.15, 0.2) is 42.5 Å². The summed E-state index contributed by atoms with van der Waals surface area (Å²) in [6.07, 6.45) is 0.0601. The predicted molar refractivity (Wildman–Crippen MR) is 143 cm³/mol. The van der Waals surface area contributed by atoms with Crippen molar-refractivity contribution in [2.24, 2.45) is 0 Å². The molecule has 0 saturated carbocycles. The molecular weight excluding hydrogens is 521 g/mol. The number of carbonyl (C=O) groups is 2. The summed E-state index contributed by atoms with van der Waals surface area (Å²) in [6.45, 7) is 7.26. The van der Waals surface area contributed by atoms with Crippen LogP contribution in [0.3, 0.4) is 0 Å². The van der Waals surface area contributed by atoms with E-state index in [-0.39, 0.29) is 19.1 Å². The molecule has 0 radical (unpaired) electrons. The Morgan fingerprint density at radius 1 is 0.946 bits per heavy atom. The SMILES string of the molecule is CCOC(Cc1ccc(OCCN(CCCOc2cc(Cl)cc(Cl)c2)C(=O)OC(C)CC)cc1)C(=O)O. The number of halogens is 2. The van der Waals surface area contributed by atoms with Crippen molar-refractivity contribution in [3.05, 3.63) is 58.1 Å². The largest absolute Gasteiger partial charge is 0.493 e. The Labute approximate surface area is 228 Å². The second kappa shape index (κ2) is 16.2. The molecule has 1 amide bonds. The molecule has 2 atom stereocenters. The monoisotopic (exact) mass is 555 g/mol. The van der Waals surface area contributed by atoms with Crippen LogP contribution in [-0.2, 0) is 20.7 Å². The Kier molecular flexibility index (Phi) is 13.4. The molecular formula is C27H35Cl2NO7. The molecule has 37 heavy (non-hydrogen) atoms. The van der Waals surface area contributed by atoms with E-state index in [1.54, 1.807) is 54.3 Å². The van der Waals surface area contributed by atoms with Crippen molar-refractivity contribution in [1.29, 1.82) is 0 Å². The maximum atomic E-state index is 12.7. The van der Waals surface area contributed by atoms with Crippen molar-refractivity contribution in [3.8, 4) is 11.5 Å². The van der Waals surface area contributed by atoms with Gasteiger partial charge in [0.1, 0.15) is 24.2 Å². The molecule has 2 rings (SSSR count). The number of nitrogens with zero attached hydrogens (tertiary/aromatic N) is 1. The molecule has 0 aromatic heterocycles. The zero-order valence-electron chi connectivity index (χ0n) is 21.5. The van der Waals surface area contributed by atoms with E-state index in [0.29, 0.717) is 60.7 Å². The number of hydrogen-bond donors (Lipinski definition) is 1. The molecule has 0 aliphatic heterocycles. The number of aliphatic carboxylic acids is 1. The Morgan fingerprint density at radius 3 is 2.19 bits per heavy atom. The average Bonchev–Trinajstić information content (AvgIpc) is 2.85. The van der Waals surface area contributed by atoms with Crippen LogP contribution < -0.4 is 9.47 Å². The molecule has 0 heterocycles. The number of hydrogen-bond acceptors (Lipinski definition) is 6. The van der Waals surface area contributed by atoms with Crippen LogP contribution in [0.25, 0.3) is 0 Å². The van der Waals surface area contributed by atoms with Gasteiger partial charge in [0.25, 0.3) is 0 Å². The van der Waals surface area contributed by atoms with E-state index in [9.17, 15) is 14.7 Å². The van der Waals surface area contributed by atoms with Gasteiger partial charge in [0.05, 0.1) is 13.2 Å². The lowest BCUT2D eigenvalue weighted by atomic mass is 10.1. The number of rotatable bonds is 16. The first-order chi connectivity index (χ1) is 17.7. The zero-order chi connectivity index (χ0) is 27.2. The molecule has 2 unspecified atom stereocenters. The van der Waals surface area contributed by atoms with Gasteiger partial charge < -0.3 is 29.0 Å². The van der Waals surface area contributed by atoms with Gasteiger partial charge in [0.2, 0.25) is 0 Å². The molecule has 2 aromatic carbocycles. The summed E-state index contributed by atoms with van der Waals surface area (Å²) >= 11 is 12.0. The Hall–Kier alpha value is -2.68. The quantitative estimate of drug-likeness (QED) is 0.249. The van der Waals surface area contributed by atoms with Gasteiger partial charge in [0.15, 0.2) is 6.10 Å². The van der Waals surface area contributed by atoms with Crippen LogP contribution in [0.4, 0.5) is 4.79 Å². The van der Waals surface area contributed by atoms with Crippen LogP contribution in [0, 0.1) is 0 Å². The highest BCUT2D eigenvalue weighted by Gasteiger charge is 2.19. The lowest BCUT2D eigenvalue weighted by Gasteiger charge is -2.24. The maximum Gasteiger partial charge on any atom is 0.410 e. The van der Waals surface area contributed by atoms with Gasteiger partial charge in [-0.05, 0) is 62.6 Å². The molecule has 204 valence electrons. The van der Waals surface area contributed by atoms with E-state index < -0.39 is 18.2 Å². The summed E-state index contributed by atoms with van der Waals surface area (Å²) in [5, 5.41) is 10.2. The van der Waals surface area contributed by atoms with Gasteiger partial charge in [-0.1, -0.05) is 42.3 Å². The molecule has 8 nitrogen and oxygen atoms in total. The molecule has 0 aliphatic rings. The standard InChI is InChI=1S/C27H35Cl2NO7/c1-4-19(3)37-27(33)30(11-6-13-35-24-17-21(28)16-22(29)18-24)12-14-36-23-9-7-20(8-10-23)15-25(26(31)32)34-5-2/h7-10,16-19,25H,4-6,11-15H2,1-3H3,(H,31,32). The van der Waals surface area contributed by atoms with Gasteiger partial charge in [-0.2, -0.15) is 0 Å². The van der Waals surface area contributed by atoms with Crippen LogP contribution >= 0.6 is 23.2 Å². The van der Waals surface area contributed by atoms with E-state index in [2.05, 4.69) is 0 Å². The smallest absolute Gasteiger partial charge is 0.410 e. The van der Waals surface area contributed by atoms with E-state index in [4.69, 9.17) is 42.1 Å². The second-order valence-corrected chi connectivity index (χ2v) is 9.25. The first-order valence-electron chi connectivity index (χ1n) is 12.3. The predicted octanol–water partition coefficient (Wildman–Crippen LogP) is 6.11. The molecule has 10 heteroatoms. The molecule has 1 N–H and O–H groups in total. The maximum absolute atomic E-state index is 12.7.